The van der Waals surface area contributed by atoms with E-state index in [-0.39, 0.29) is 18.1 Å². The Balaban J connectivity index is 1.83. The maximum atomic E-state index is 12.2. The summed E-state index contributed by atoms with van der Waals surface area (Å²) in [7, 11) is 0. The molecule has 16 heavy (non-hydrogen) atoms. The molecule has 0 spiro atoms. The molecule has 2 aliphatic heterocycles. The molecule has 2 atom stereocenters. The molecular formula is C12H12BrNO2. The molecule has 2 fully saturated rings. The van der Waals surface area contributed by atoms with Crippen molar-refractivity contribution in [3.63, 3.8) is 0 Å². The molecule has 0 unspecified atom stereocenters. The molecule has 3 rings (SSSR count). The van der Waals surface area contributed by atoms with E-state index >= 15 is 0 Å². The van der Waals surface area contributed by atoms with Gasteiger partial charge < -0.3 is 9.64 Å². The van der Waals surface area contributed by atoms with Crippen molar-refractivity contribution in [3.8, 4) is 0 Å². The van der Waals surface area contributed by atoms with Gasteiger partial charge in [-0.15, -0.1) is 0 Å². The second kappa shape index (κ2) is 3.86. The van der Waals surface area contributed by atoms with Crippen LogP contribution in [0.1, 0.15) is 16.8 Å². The number of amides is 1. The lowest BCUT2D eigenvalue weighted by atomic mass is 10.2. The lowest BCUT2D eigenvalue weighted by molar-refractivity contribution is 0.0259. The number of hydrogen-bond acceptors (Lipinski definition) is 2. The van der Waals surface area contributed by atoms with E-state index in [4.69, 9.17) is 4.74 Å². The third-order valence-electron chi connectivity index (χ3n) is 3.23. The second-order valence-corrected chi connectivity index (χ2v) is 5.23. The smallest absolute Gasteiger partial charge is 0.254 e. The molecule has 1 aromatic carbocycles. The fourth-order valence-corrected chi connectivity index (χ4v) is 2.83. The normalized spacial score (nSPS) is 27.4. The topological polar surface area (TPSA) is 29.5 Å². The number of rotatable bonds is 1. The van der Waals surface area contributed by atoms with E-state index in [1.807, 2.05) is 29.2 Å². The van der Waals surface area contributed by atoms with Gasteiger partial charge in [-0.05, 0) is 24.6 Å². The average molecular weight is 282 g/mol. The molecular weight excluding hydrogens is 270 g/mol. The number of morpholine rings is 1. The Hall–Kier alpha value is -0.870. The predicted molar refractivity (Wildman–Crippen MR) is 63.3 cm³/mol. The SMILES string of the molecule is O=C(c1cccc(Br)c1)N1C[C@H]2C[C@H]1CO2. The molecule has 2 saturated heterocycles. The van der Waals surface area contributed by atoms with Crippen LogP contribution in [0.3, 0.4) is 0 Å². The van der Waals surface area contributed by atoms with Crippen LogP contribution in [0.2, 0.25) is 0 Å². The summed E-state index contributed by atoms with van der Waals surface area (Å²) in [5.74, 6) is 0.122. The summed E-state index contributed by atoms with van der Waals surface area (Å²) in [6, 6.07) is 7.84. The zero-order valence-electron chi connectivity index (χ0n) is 8.73. The van der Waals surface area contributed by atoms with Crippen molar-refractivity contribution in [2.45, 2.75) is 18.6 Å². The van der Waals surface area contributed by atoms with Gasteiger partial charge in [0.05, 0.1) is 18.8 Å². The van der Waals surface area contributed by atoms with Gasteiger partial charge in [-0.2, -0.15) is 0 Å². The van der Waals surface area contributed by atoms with Crippen LogP contribution in [0.5, 0.6) is 0 Å². The van der Waals surface area contributed by atoms with Gasteiger partial charge in [0.1, 0.15) is 0 Å². The number of hydrogen-bond donors (Lipinski definition) is 0. The third kappa shape index (κ3) is 1.66. The molecule has 2 aliphatic rings. The minimum absolute atomic E-state index is 0.122. The van der Waals surface area contributed by atoms with Crippen LogP contribution in [-0.4, -0.2) is 36.1 Å². The zero-order chi connectivity index (χ0) is 11.1. The van der Waals surface area contributed by atoms with E-state index in [1.165, 1.54) is 0 Å². The van der Waals surface area contributed by atoms with Crippen LogP contribution in [-0.2, 0) is 4.74 Å². The van der Waals surface area contributed by atoms with Crippen molar-refractivity contribution in [2.24, 2.45) is 0 Å². The lowest BCUT2D eigenvalue weighted by Gasteiger charge is -2.26. The summed E-state index contributed by atoms with van der Waals surface area (Å²) in [5, 5.41) is 0. The maximum Gasteiger partial charge on any atom is 0.254 e. The van der Waals surface area contributed by atoms with Crippen LogP contribution < -0.4 is 0 Å². The van der Waals surface area contributed by atoms with Crippen LogP contribution in [0.15, 0.2) is 28.7 Å². The van der Waals surface area contributed by atoms with Crippen molar-refractivity contribution in [1.29, 1.82) is 0 Å². The standard InChI is InChI=1S/C12H12BrNO2/c13-9-3-1-2-8(4-9)12(15)14-6-11-5-10(14)7-16-11/h1-4,10-11H,5-7H2/t10-,11+/m0/s1. The van der Waals surface area contributed by atoms with Gasteiger partial charge in [0.25, 0.3) is 5.91 Å². The summed E-state index contributed by atoms with van der Waals surface area (Å²) in [6.07, 6.45) is 1.26. The number of likely N-dealkylation sites (tertiary alicyclic amines) is 1. The number of halogens is 1. The molecule has 2 bridgehead atoms. The molecule has 0 aromatic heterocycles. The zero-order valence-corrected chi connectivity index (χ0v) is 10.3. The van der Waals surface area contributed by atoms with E-state index < -0.39 is 0 Å². The molecule has 0 radical (unpaired) electrons. The van der Waals surface area contributed by atoms with Crippen LogP contribution in [0.4, 0.5) is 0 Å². The van der Waals surface area contributed by atoms with E-state index in [0.29, 0.717) is 6.61 Å². The molecule has 0 aliphatic carbocycles. The molecule has 0 N–H and O–H groups in total. The fraction of sp³-hybridized carbons (Fsp3) is 0.417. The number of ether oxygens (including phenoxy) is 1. The molecule has 1 aromatic rings. The van der Waals surface area contributed by atoms with Crippen LogP contribution >= 0.6 is 15.9 Å². The van der Waals surface area contributed by atoms with E-state index in [0.717, 1.165) is 23.0 Å². The largest absolute Gasteiger partial charge is 0.374 e. The van der Waals surface area contributed by atoms with Gasteiger partial charge in [0.15, 0.2) is 0 Å². The number of carbonyl (C=O) groups is 1. The Kier molecular flexibility index (Phi) is 2.48. The van der Waals surface area contributed by atoms with Crippen molar-refractivity contribution in [3.05, 3.63) is 34.3 Å². The van der Waals surface area contributed by atoms with Crippen molar-refractivity contribution >= 4 is 21.8 Å². The van der Waals surface area contributed by atoms with E-state index in [9.17, 15) is 4.79 Å². The lowest BCUT2D eigenvalue weighted by Crippen LogP contribution is -2.41. The Morgan fingerprint density at radius 2 is 2.38 bits per heavy atom. The molecule has 0 saturated carbocycles. The van der Waals surface area contributed by atoms with Gasteiger partial charge >= 0.3 is 0 Å². The summed E-state index contributed by atoms with van der Waals surface area (Å²) < 4.78 is 6.43. The first-order valence-corrected chi connectivity index (χ1v) is 6.21. The van der Waals surface area contributed by atoms with Crippen molar-refractivity contribution in [1.82, 2.24) is 4.90 Å². The average Bonchev–Trinajstić information content (AvgIpc) is 2.89. The predicted octanol–water partition coefficient (Wildman–Crippen LogP) is 2.06. The first kappa shape index (κ1) is 10.3. The summed E-state index contributed by atoms with van der Waals surface area (Å²) in [4.78, 5) is 14.2. The quantitative estimate of drug-likeness (QED) is 0.789. The summed E-state index contributed by atoms with van der Waals surface area (Å²) in [5.41, 5.74) is 0.752. The van der Waals surface area contributed by atoms with Gasteiger partial charge in [-0.1, -0.05) is 22.0 Å². The van der Waals surface area contributed by atoms with E-state index in [1.54, 1.807) is 0 Å². The highest BCUT2D eigenvalue weighted by Crippen LogP contribution is 2.29. The van der Waals surface area contributed by atoms with Crippen LogP contribution in [0.25, 0.3) is 0 Å². The van der Waals surface area contributed by atoms with Gasteiger partial charge in [-0.25, -0.2) is 0 Å². The molecule has 84 valence electrons. The summed E-state index contributed by atoms with van der Waals surface area (Å²) in [6.45, 7) is 1.44. The third-order valence-corrected chi connectivity index (χ3v) is 3.73. The number of benzene rings is 1. The van der Waals surface area contributed by atoms with Gasteiger partial charge in [0, 0.05) is 16.6 Å². The van der Waals surface area contributed by atoms with E-state index in [2.05, 4.69) is 15.9 Å². The number of fused-ring (bicyclic) bond motifs is 2. The first-order valence-electron chi connectivity index (χ1n) is 5.42. The maximum absolute atomic E-state index is 12.2. The minimum Gasteiger partial charge on any atom is -0.374 e. The van der Waals surface area contributed by atoms with Crippen LogP contribution in [0, 0.1) is 0 Å². The molecule has 2 heterocycles. The van der Waals surface area contributed by atoms with Gasteiger partial charge in [-0.3, -0.25) is 4.79 Å². The first-order chi connectivity index (χ1) is 7.74. The van der Waals surface area contributed by atoms with Crippen molar-refractivity contribution in [2.75, 3.05) is 13.2 Å². The fourth-order valence-electron chi connectivity index (χ4n) is 2.44. The summed E-state index contributed by atoms with van der Waals surface area (Å²) >= 11 is 3.38. The second-order valence-electron chi connectivity index (χ2n) is 4.31. The monoisotopic (exact) mass is 281 g/mol. The number of nitrogens with zero attached hydrogens (tertiary/aromatic N) is 1. The Morgan fingerprint density at radius 3 is 3.00 bits per heavy atom. The Bertz CT molecular complexity index is 435. The molecule has 3 nitrogen and oxygen atoms in total. The highest BCUT2D eigenvalue weighted by atomic mass is 79.9. The molecule has 1 amide bonds. The number of carbonyl (C=O) groups excluding carboxylic acids is 1. The molecule has 4 heteroatoms. The Morgan fingerprint density at radius 1 is 1.50 bits per heavy atom. The highest BCUT2D eigenvalue weighted by Gasteiger charge is 2.41. The minimum atomic E-state index is 0.122. The van der Waals surface area contributed by atoms with Crippen molar-refractivity contribution < 1.29 is 9.53 Å². The highest BCUT2D eigenvalue weighted by molar-refractivity contribution is 9.10. The Labute approximate surface area is 103 Å². The van der Waals surface area contributed by atoms with Gasteiger partial charge in [0.2, 0.25) is 0 Å².